The molecule has 1 atom stereocenters. The van der Waals surface area contributed by atoms with E-state index in [0.29, 0.717) is 5.92 Å². The third-order valence-corrected chi connectivity index (χ3v) is 8.92. The summed E-state index contributed by atoms with van der Waals surface area (Å²) in [6.07, 6.45) is 23.2. The zero-order valence-corrected chi connectivity index (χ0v) is 26.6. The van der Waals surface area contributed by atoms with Crippen molar-refractivity contribution in [3.63, 3.8) is 0 Å². The molecule has 38 heavy (non-hydrogen) atoms. The van der Waals surface area contributed by atoms with Crippen molar-refractivity contribution in [1.29, 1.82) is 0 Å². The molecule has 0 aliphatic rings. The van der Waals surface area contributed by atoms with Crippen molar-refractivity contribution in [3.8, 4) is 0 Å². The summed E-state index contributed by atoms with van der Waals surface area (Å²) in [4.78, 5) is 0. The summed E-state index contributed by atoms with van der Waals surface area (Å²) in [5.74, 6) is 0.709. The fraction of sp³-hybridized carbons (Fsp3) is 0.684. The normalized spacial score (nSPS) is 12.3. The Hall–Kier alpha value is -1.56. The van der Waals surface area contributed by atoms with Crippen molar-refractivity contribution >= 4 is 0 Å². The summed E-state index contributed by atoms with van der Waals surface area (Å²) >= 11 is 0. The predicted molar refractivity (Wildman–Crippen MR) is 172 cm³/mol. The maximum absolute atomic E-state index is 2.62. The monoisotopic (exact) mass is 518 g/mol. The third-order valence-electron chi connectivity index (χ3n) is 8.92. The molecule has 1 unspecified atom stereocenters. The smallest absolute Gasteiger partial charge is 0.0162 e. The van der Waals surface area contributed by atoms with Crippen LogP contribution in [0.25, 0.3) is 0 Å². The second-order valence-corrected chi connectivity index (χ2v) is 12.1. The quantitative estimate of drug-likeness (QED) is 0.163. The average Bonchev–Trinajstić information content (AvgIpc) is 2.92. The number of benzene rings is 2. The average molecular weight is 519 g/mol. The lowest BCUT2D eigenvalue weighted by molar-refractivity contribution is 0.527. The molecular formula is C38H62. The fourth-order valence-electron chi connectivity index (χ4n) is 6.15. The van der Waals surface area contributed by atoms with Crippen LogP contribution in [-0.4, -0.2) is 0 Å². The summed E-state index contributed by atoms with van der Waals surface area (Å²) < 4.78 is 0. The summed E-state index contributed by atoms with van der Waals surface area (Å²) in [6.45, 7) is 16.4. The molecule has 214 valence electrons. The highest BCUT2D eigenvalue weighted by Gasteiger charge is 2.16. The molecule has 0 nitrogen and oxygen atoms in total. The highest BCUT2D eigenvalue weighted by Crippen LogP contribution is 2.32. The van der Waals surface area contributed by atoms with E-state index in [-0.39, 0.29) is 0 Å². The van der Waals surface area contributed by atoms with Gasteiger partial charge >= 0.3 is 0 Å². The number of unbranched alkanes of at least 4 members (excludes halogenated alkanes) is 5. The molecule has 0 saturated carbocycles. The van der Waals surface area contributed by atoms with Gasteiger partial charge in [0.2, 0.25) is 0 Å². The van der Waals surface area contributed by atoms with E-state index in [1.165, 1.54) is 116 Å². The third kappa shape index (κ3) is 10.5. The number of rotatable bonds is 20. The predicted octanol–water partition coefficient (Wildman–Crippen LogP) is 12.0. The van der Waals surface area contributed by atoms with Crippen LogP contribution >= 0.6 is 0 Å². The second kappa shape index (κ2) is 18.7. The molecule has 0 bridgehead atoms. The Morgan fingerprint density at radius 1 is 0.447 bits per heavy atom. The zero-order valence-electron chi connectivity index (χ0n) is 26.6. The van der Waals surface area contributed by atoms with Crippen LogP contribution in [0, 0.1) is 13.8 Å². The highest BCUT2D eigenvalue weighted by atomic mass is 14.2. The van der Waals surface area contributed by atoms with Crippen LogP contribution in [0.4, 0.5) is 0 Å². The first-order chi connectivity index (χ1) is 18.5. The van der Waals surface area contributed by atoms with Crippen molar-refractivity contribution in [2.75, 3.05) is 0 Å². The van der Waals surface area contributed by atoms with Crippen molar-refractivity contribution < 1.29 is 0 Å². The first kappa shape index (κ1) is 32.7. The van der Waals surface area contributed by atoms with Gasteiger partial charge in [-0.05, 0) is 141 Å². The minimum atomic E-state index is 0.709. The van der Waals surface area contributed by atoms with Gasteiger partial charge < -0.3 is 0 Å². The summed E-state index contributed by atoms with van der Waals surface area (Å²) in [6, 6.07) is 10.4. The standard InChI is InChI=1S/C38H62/c1-8-13-20-33(38-28-36(23-16-11-4)31(7)37(29-38)24-17-12-5)25-18-19-32-26-34(21-14-9-2)30(6)35(27-32)22-15-10-3/h26-29,33H,8-25H2,1-7H3. The van der Waals surface area contributed by atoms with Crippen LogP contribution in [-0.2, 0) is 32.1 Å². The topological polar surface area (TPSA) is 0 Å². The number of aryl methyl sites for hydroxylation is 5. The van der Waals surface area contributed by atoms with Crippen molar-refractivity contribution in [3.05, 3.63) is 68.8 Å². The van der Waals surface area contributed by atoms with Gasteiger partial charge in [-0.15, -0.1) is 0 Å². The van der Waals surface area contributed by atoms with E-state index in [1.807, 2.05) is 0 Å². The van der Waals surface area contributed by atoms with Gasteiger partial charge in [0.25, 0.3) is 0 Å². The molecule has 0 heteroatoms. The molecule has 0 aliphatic heterocycles. The molecule has 0 fully saturated rings. The SMILES string of the molecule is CCCCc1cc(CCCC(CCCC)c2cc(CCCC)c(C)c(CCCC)c2)cc(CCCC)c1C. The molecular weight excluding hydrogens is 456 g/mol. The van der Waals surface area contributed by atoms with Gasteiger partial charge in [-0.3, -0.25) is 0 Å². The lowest BCUT2D eigenvalue weighted by atomic mass is 9.83. The van der Waals surface area contributed by atoms with Crippen LogP contribution in [0.2, 0.25) is 0 Å². The Bertz CT molecular complexity index is 860. The van der Waals surface area contributed by atoms with E-state index in [9.17, 15) is 0 Å². The molecule has 0 amide bonds. The van der Waals surface area contributed by atoms with Gasteiger partial charge in [-0.25, -0.2) is 0 Å². The Morgan fingerprint density at radius 2 is 0.816 bits per heavy atom. The van der Waals surface area contributed by atoms with Crippen molar-refractivity contribution in [2.45, 2.75) is 170 Å². The molecule has 0 saturated heterocycles. The number of hydrogen-bond donors (Lipinski definition) is 0. The Morgan fingerprint density at radius 3 is 1.21 bits per heavy atom. The van der Waals surface area contributed by atoms with E-state index in [2.05, 4.69) is 72.7 Å². The maximum atomic E-state index is 2.62. The Balaban J connectivity index is 2.25. The maximum Gasteiger partial charge on any atom is -0.0162 e. The molecule has 2 rings (SSSR count). The van der Waals surface area contributed by atoms with Crippen molar-refractivity contribution in [2.24, 2.45) is 0 Å². The minimum absolute atomic E-state index is 0.709. The van der Waals surface area contributed by atoms with E-state index in [0.717, 1.165) is 0 Å². The van der Waals surface area contributed by atoms with Crippen LogP contribution in [0.5, 0.6) is 0 Å². The summed E-state index contributed by atoms with van der Waals surface area (Å²) in [5.41, 5.74) is 12.9. The van der Waals surface area contributed by atoms with Gasteiger partial charge in [-0.1, -0.05) is 97.4 Å². The van der Waals surface area contributed by atoms with E-state index >= 15 is 0 Å². The van der Waals surface area contributed by atoms with Crippen molar-refractivity contribution in [1.82, 2.24) is 0 Å². The van der Waals surface area contributed by atoms with Gasteiger partial charge in [0.1, 0.15) is 0 Å². The minimum Gasteiger partial charge on any atom is -0.0654 e. The van der Waals surface area contributed by atoms with Gasteiger partial charge in [-0.2, -0.15) is 0 Å². The summed E-state index contributed by atoms with van der Waals surface area (Å²) in [5, 5.41) is 0. The van der Waals surface area contributed by atoms with E-state index in [1.54, 1.807) is 44.5 Å². The second-order valence-electron chi connectivity index (χ2n) is 12.1. The summed E-state index contributed by atoms with van der Waals surface area (Å²) in [7, 11) is 0. The molecule has 0 aliphatic carbocycles. The van der Waals surface area contributed by atoms with Crippen LogP contribution in [0.1, 0.15) is 169 Å². The lowest BCUT2D eigenvalue weighted by Gasteiger charge is -2.22. The highest BCUT2D eigenvalue weighted by molar-refractivity contribution is 5.41. The fourth-order valence-corrected chi connectivity index (χ4v) is 6.15. The molecule has 0 aromatic heterocycles. The first-order valence-corrected chi connectivity index (χ1v) is 16.7. The van der Waals surface area contributed by atoms with Crippen LogP contribution < -0.4 is 0 Å². The Labute approximate surface area is 238 Å². The van der Waals surface area contributed by atoms with Gasteiger partial charge in [0.05, 0.1) is 0 Å². The molecule has 0 N–H and O–H groups in total. The molecule has 0 heterocycles. The van der Waals surface area contributed by atoms with Crippen LogP contribution in [0.15, 0.2) is 24.3 Å². The zero-order chi connectivity index (χ0) is 27.8. The largest absolute Gasteiger partial charge is 0.0654 e. The van der Waals surface area contributed by atoms with E-state index < -0.39 is 0 Å². The van der Waals surface area contributed by atoms with Crippen LogP contribution in [0.3, 0.4) is 0 Å². The lowest BCUT2D eigenvalue weighted by Crippen LogP contribution is -2.06. The Kier molecular flexibility index (Phi) is 16.0. The molecule has 0 spiro atoms. The molecule has 2 aromatic carbocycles. The molecule has 0 radical (unpaired) electrons. The van der Waals surface area contributed by atoms with E-state index in [4.69, 9.17) is 0 Å². The molecule has 2 aromatic rings. The first-order valence-electron chi connectivity index (χ1n) is 16.7. The van der Waals surface area contributed by atoms with Gasteiger partial charge in [0, 0.05) is 0 Å². The number of hydrogen-bond acceptors (Lipinski definition) is 0. The van der Waals surface area contributed by atoms with Gasteiger partial charge in [0.15, 0.2) is 0 Å².